The van der Waals surface area contributed by atoms with Crippen LogP contribution in [0.1, 0.15) is 22.8 Å². The molecule has 4 rings (SSSR count). The van der Waals surface area contributed by atoms with Gasteiger partial charge in [-0.3, -0.25) is 19.3 Å². The van der Waals surface area contributed by atoms with Crippen molar-refractivity contribution >= 4 is 69.1 Å². The van der Waals surface area contributed by atoms with E-state index in [2.05, 4.69) is 27.9 Å². The number of halogens is 1. The smallest absolute Gasteiger partial charge is 0.344 e. The van der Waals surface area contributed by atoms with Crippen LogP contribution < -0.4 is 14.8 Å². The lowest BCUT2D eigenvalue weighted by Gasteiger charge is -2.13. The maximum Gasteiger partial charge on any atom is 0.344 e. The zero-order valence-electron chi connectivity index (χ0n) is 19.6. The standard InChI is InChI=1S/C27H21IN2O6S/c1-2-35-22-14-17(12-13-21(22)36-26(33)19-10-6-7-11-20(19)28)15-23-25(32)30(27(34)37-23)16-24(31)29-18-8-4-3-5-9-18/h3-15H,2,16H2,1H3,(H,29,31)/b23-15-. The van der Waals surface area contributed by atoms with E-state index < -0.39 is 29.6 Å². The number of rotatable bonds is 8. The van der Waals surface area contributed by atoms with Crippen molar-refractivity contribution in [2.24, 2.45) is 0 Å². The fourth-order valence-corrected chi connectivity index (χ4v) is 4.85. The molecule has 1 aliphatic rings. The fourth-order valence-electron chi connectivity index (χ4n) is 3.40. The van der Waals surface area contributed by atoms with Gasteiger partial charge in [-0.1, -0.05) is 36.4 Å². The van der Waals surface area contributed by atoms with Crippen LogP contribution in [0.15, 0.2) is 77.7 Å². The monoisotopic (exact) mass is 628 g/mol. The van der Waals surface area contributed by atoms with Crippen molar-refractivity contribution in [2.45, 2.75) is 6.92 Å². The summed E-state index contributed by atoms with van der Waals surface area (Å²) in [5.74, 6) is -1.02. The van der Waals surface area contributed by atoms with Crippen molar-refractivity contribution in [2.75, 3.05) is 18.5 Å². The van der Waals surface area contributed by atoms with Crippen molar-refractivity contribution < 1.29 is 28.7 Å². The molecular weight excluding hydrogens is 607 g/mol. The second kappa shape index (κ2) is 12.1. The average Bonchev–Trinajstić information content (AvgIpc) is 3.13. The van der Waals surface area contributed by atoms with E-state index in [-0.39, 0.29) is 10.7 Å². The highest BCUT2D eigenvalue weighted by molar-refractivity contribution is 14.1. The van der Waals surface area contributed by atoms with Crippen LogP contribution in [0.2, 0.25) is 0 Å². The van der Waals surface area contributed by atoms with Gasteiger partial charge in [0.1, 0.15) is 6.54 Å². The first-order valence-corrected chi connectivity index (χ1v) is 13.1. The zero-order chi connectivity index (χ0) is 26.4. The van der Waals surface area contributed by atoms with E-state index in [0.717, 1.165) is 20.2 Å². The van der Waals surface area contributed by atoms with Crippen molar-refractivity contribution in [1.29, 1.82) is 0 Å². The normalized spacial score (nSPS) is 14.1. The molecular formula is C27H21IN2O6S. The van der Waals surface area contributed by atoms with Crippen LogP contribution >= 0.6 is 34.4 Å². The largest absolute Gasteiger partial charge is 0.490 e. The summed E-state index contributed by atoms with van der Waals surface area (Å²) in [5, 5.41) is 2.13. The summed E-state index contributed by atoms with van der Waals surface area (Å²) in [6.07, 6.45) is 1.54. The molecule has 0 radical (unpaired) electrons. The molecule has 8 nitrogen and oxygen atoms in total. The number of nitrogens with zero attached hydrogens (tertiary/aromatic N) is 1. The minimum absolute atomic E-state index is 0.170. The highest BCUT2D eigenvalue weighted by Crippen LogP contribution is 2.35. The average molecular weight is 628 g/mol. The maximum atomic E-state index is 12.9. The number of para-hydroxylation sites is 1. The lowest BCUT2D eigenvalue weighted by atomic mass is 10.1. The number of thioether (sulfide) groups is 1. The molecule has 1 N–H and O–H groups in total. The number of carbonyl (C=O) groups is 4. The minimum atomic E-state index is -0.565. The Bertz CT molecular complexity index is 1390. The Morgan fingerprint density at radius 2 is 1.73 bits per heavy atom. The van der Waals surface area contributed by atoms with E-state index in [4.69, 9.17) is 9.47 Å². The Labute approximate surface area is 231 Å². The van der Waals surface area contributed by atoms with Gasteiger partial charge in [0, 0.05) is 9.26 Å². The first kappa shape index (κ1) is 26.4. The molecule has 0 bridgehead atoms. The Morgan fingerprint density at radius 1 is 1.00 bits per heavy atom. The van der Waals surface area contributed by atoms with Crippen molar-refractivity contribution in [3.05, 3.63) is 92.4 Å². The maximum absolute atomic E-state index is 12.9. The predicted octanol–water partition coefficient (Wildman–Crippen LogP) is 5.58. The van der Waals surface area contributed by atoms with Crippen molar-refractivity contribution in [3.63, 3.8) is 0 Å². The molecule has 3 aromatic rings. The number of nitrogens with one attached hydrogen (secondary N) is 1. The predicted molar refractivity (Wildman–Crippen MR) is 149 cm³/mol. The third kappa shape index (κ3) is 6.57. The van der Waals surface area contributed by atoms with Crippen LogP contribution in [0, 0.1) is 3.57 Å². The van der Waals surface area contributed by atoms with E-state index >= 15 is 0 Å². The molecule has 3 aromatic carbocycles. The van der Waals surface area contributed by atoms with E-state index in [0.29, 0.717) is 29.2 Å². The van der Waals surface area contributed by atoms with Gasteiger partial charge in [-0.2, -0.15) is 0 Å². The number of hydrogen-bond acceptors (Lipinski definition) is 7. The molecule has 0 saturated carbocycles. The third-order valence-corrected chi connectivity index (χ3v) is 6.94. The molecule has 1 aliphatic heterocycles. The molecule has 188 valence electrons. The number of carbonyl (C=O) groups excluding carboxylic acids is 4. The number of anilines is 1. The number of hydrogen-bond donors (Lipinski definition) is 1. The summed E-state index contributed by atoms with van der Waals surface area (Å²) in [6, 6.07) is 20.7. The summed E-state index contributed by atoms with van der Waals surface area (Å²) in [6.45, 7) is 1.72. The topological polar surface area (TPSA) is 102 Å². The SMILES string of the molecule is CCOc1cc(/C=C2\SC(=O)N(CC(=O)Nc3ccccc3)C2=O)ccc1OC(=O)c1ccccc1I. The first-order valence-electron chi connectivity index (χ1n) is 11.2. The van der Waals surface area contributed by atoms with E-state index in [1.54, 1.807) is 61.5 Å². The summed E-state index contributed by atoms with van der Waals surface area (Å²) in [5.41, 5.74) is 1.57. The molecule has 37 heavy (non-hydrogen) atoms. The highest BCUT2D eigenvalue weighted by atomic mass is 127. The van der Waals surface area contributed by atoms with Gasteiger partial charge in [0.2, 0.25) is 5.91 Å². The molecule has 0 spiro atoms. The van der Waals surface area contributed by atoms with Gasteiger partial charge < -0.3 is 14.8 Å². The van der Waals surface area contributed by atoms with Gasteiger partial charge >= 0.3 is 5.97 Å². The van der Waals surface area contributed by atoms with Crippen LogP contribution in [-0.4, -0.2) is 41.1 Å². The molecule has 10 heteroatoms. The molecule has 0 aliphatic carbocycles. The third-order valence-electron chi connectivity index (χ3n) is 5.09. The summed E-state index contributed by atoms with van der Waals surface area (Å²) in [4.78, 5) is 51.4. The molecule has 1 fully saturated rings. The van der Waals surface area contributed by atoms with Crippen molar-refractivity contribution in [1.82, 2.24) is 4.90 Å². The minimum Gasteiger partial charge on any atom is -0.490 e. The van der Waals surface area contributed by atoms with E-state index in [1.807, 2.05) is 18.2 Å². The Hall–Kier alpha value is -3.64. The van der Waals surface area contributed by atoms with Crippen LogP contribution in [0.5, 0.6) is 11.5 Å². The molecule has 0 aromatic heterocycles. The van der Waals surface area contributed by atoms with Gasteiger partial charge in [-0.15, -0.1) is 0 Å². The second-order valence-corrected chi connectivity index (χ2v) is 9.85. The molecule has 0 unspecified atom stereocenters. The number of esters is 1. The highest BCUT2D eigenvalue weighted by Gasteiger charge is 2.36. The van der Waals surface area contributed by atoms with Gasteiger partial charge in [0.15, 0.2) is 11.5 Å². The number of ether oxygens (including phenoxy) is 2. The quantitative estimate of drug-likeness (QED) is 0.150. The fraction of sp³-hybridized carbons (Fsp3) is 0.111. The van der Waals surface area contributed by atoms with Crippen molar-refractivity contribution in [3.8, 4) is 11.5 Å². The van der Waals surface area contributed by atoms with Gasteiger partial charge in [0.05, 0.1) is 17.1 Å². The molecule has 0 atom stereocenters. The Balaban J connectivity index is 1.49. The second-order valence-electron chi connectivity index (χ2n) is 7.69. The molecule has 1 saturated heterocycles. The Kier molecular flexibility index (Phi) is 8.62. The van der Waals surface area contributed by atoms with E-state index in [9.17, 15) is 19.2 Å². The number of imide groups is 1. The summed E-state index contributed by atoms with van der Waals surface area (Å²) < 4.78 is 12.0. The van der Waals surface area contributed by atoms with Crippen LogP contribution in [0.25, 0.3) is 6.08 Å². The lowest BCUT2D eigenvalue weighted by Crippen LogP contribution is -2.36. The Morgan fingerprint density at radius 3 is 2.46 bits per heavy atom. The zero-order valence-corrected chi connectivity index (χ0v) is 22.6. The number of amides is 3. The van der Waals surface area contributed by atoms with Gasteiger partial charge in [0.25, 0.3) is 11.1 Å². The lowest BCUT2D eigenvalue weighted by molar-refractivity contribution is -0.127. The van der Waals surface area contributed by atoms with E-state index in [1.165, 1.54) is 6.08 Å². The molecule has 1 heterocycles. The van der Waals surface area contributed by atoms with Crippen LogP contribution in [0.3, 0.4) is 0 Å². The summed E-state index contributed by atoms with van der Waals surface area (Å²) >= 11 is 2.81. The van der Waals surface area contributed by atoms with Crippen LogP contribution in [0.4, 0.5) is 10.5 Å². The first-order chi connectivity index (χ1) is 17.9. The summed E-state index contributed by atoms with van der Waals surface area (Å²) in [7, 11) is 0. The van der Waals surface area contributed by atoms with Crippen LogP contribution in [-0.2, 0) is 9.59 Å². The van der Waals surface area contributed by atoms with Gasteiger partial charge in [-0.25, -0.2) is 4.79 Å². The molecule has 3 amide bonds. The number of benzene rings is 3. The van der Waals surface area contributed by atoms with Gasteiger partial charge in [-0.05, 0) is 89.3 Å².